The number of rotatable bonds is 4. The van der Waals surface area contributed by atoms with Gasteiger partial charge < -0.3 is 10.5 Å². The van der Waals surface area contributed by atoms with Crippen molar-refractivity contribution in [1.82, 2.24) is 10.2 Å². The highest BCUT2D eigenvalue weighted by molar-refractivity contribution is 5.73. The van der Waals surface area contributed by atoms with Crippen molar-refractivity contribution < 1.29 is 4.74 Å². The molecular formula is C15H21N3O. The Kier molecular flexibility index (Phi) is 3.90. The standard InChI is InChI=1S/C15H21N3O/c1-9-7-12(10(2)11(3)15(9)19-4)13-8-17-18-14(13)5-6-16/h7-8H,5-6,16H2,1-4H3,(H,17,18). The summed E-state index contributed by atoms with van der Waals surface area (Å²) in [6.45, 7) is 6.89. The number of nitrogens with one attached hydrogen (secondary N) is 1. The molecule has 0 saturated carbocycles. The highest BCUT2D eigenvalue weighted by Crippen LogP contribution is 2.35. The maximum Gasteiger partial charge on any atom is 0.124 e. The zero-order valence-corrected chi connectivity index (χ0v) is 12.0. The molecule has 0 fully saturated rings. The minimum absolute atomic E-state index is 0.613. The van der Waals surface area contributed by atoms with Crippen LogP contribution in [0.25, 0.3) is 11.1 Å². The second-order valence-electron chi connectivity index (χ2n) is 4.83. The van der Waals surface area contributed by atoms with Gasteiger partial charge in [-0.25, -0.2) is 0 Å². The summed E-state index contributed by atoms with van der Waals surface area (Å²) in [5, 5.41) is 7.19. The fourth-order valence-corrected chi connectivity index (χ4v) is 2.53. The molecule has 0 aliphatic heterocycles. The number of hydrogen-bond acceptors (Lipinski definition) is 3. The predicted molar refractivity (Wildman–Crippen MR) is 77.5 cm³/mol. The average molecular weight is 259 g/mol. The summed E-state index contributed by atoms with van der Waals surface area (Å²) in [4.78, 5) is 0. The first kappa shape index (κ1) is 13.6. The van der Waals surface area contributed by atoms with E-state index in [1.165, 1.54) is 16.7 Å². The van der Waals surface area contributed by atoms with Gasteiger partial charge in [-0.05, 0) is 55.6 Å². The van der Waals surface area contributed by atoms with E-state index in [0.717, 1.165) is 29.0 Å². The fraction of sp³-hybridized carbons (Fsp3) is 0.400. The third kappa shape index (κ3) is 2.36. The van der Waals surface area contributed by atoms with Crippen LogP contribution >= 0.6 is 0 Å². The molecule has 0 atom stereocenters. The summed E-state index contributed by atoms with van der Waals surface area (Å²) in [7, 11) is 1.71. The van der Waals surface area contributed by atoms with Gasteiger partial charge in [-0.15, -0.1) is 0 Å². The molecule has 102 valence electrons. The van der Waals surface area contributed by atoms with E-state index in [1.54, 1.807) is 7.11 Å². The number of methoxy groups -OCH3 is 1. The van der Waals surface area contributed by atoms with Gasteiger partial charge in [-0.3, -0.25) is 5.10 Å². The molecule has 19 heavy (non-hydrogen) atoms. The number of H-pyrrole nitrogens is 1. The van der Waals surface area contributed by atoms with Crippen molar-refractivity contribution in [2.75, 3.05) is 13.7 Å². The zero-order chi connectivity index (χ0) is 14.0. The Morgan fingerprint density at radius 1 is 1.21 bits per heavy atom. The number of nitrogens with zero attached hydrogens (tertiary/aromatic N) is 1. The van der Waals surface area contributed by atoms with Gasteiger partial charge in [0, 0.05) is 17.7 Å². The third-order valence-electron chi connectivity index (χ3n) is 3.63. The van der Waals surface area contributed by atoms with E-state index >= 15 is 0 Å². The second kappa shape index (κ2) is 5.45. The maximum atomic E-state index is 5.64. The summed E-state index contributed by atoms with van der Waals surface area (Å²) >= 11 is 0. The van der Waals surface area contributed by atoms with Crippen molar-refractivity contribution in [3.05, 3.63) is 34.6 Å². The lowest BCUT2D eigenvalue weighted by Gasteiger charge is -2.15. The Hall–Kier alpha value is -1.81. The van der Waals surface area contributed by atoms with E-state index in [4.69, 9.17) is 10.5 Å². The number of benzene rings is 1. The van der Waals surface area contributed by atoms with Gasteiger partial charge in [0.2, 0.25) is 0 Å². The minimum atomic E-state index is 0.613. The lowest BCUT2D eigenvalue weighted by atomic mass is 9.93. The summed E-state index contributed by atoms with van der Waals surface area (Å²) in [6, 6.07) is 2.16. The number of aromatic nitrogens is 2. The molecule has 1 heterocycles. The van der Waals surface area contributed by atoms with Crippen LogP contribution in [-0.2, 0) is 6.42 Å². The van der Waals surface area contributed by atoms with Crippen LogP contribution in [0.5, 0.6) is 5.75 Å². The van der Waals surface area contributed by atoms with Crippen LogP contribution in [-0.4, -0.2) is 23.9 Å². The SMILES string of the molecule is COc1c(C)cc(-c2cn[nH]c2CCN)c(C)c1C. The first-order valence-corrected chi connectivity index (χ1v) is 6.47. The van der Waals surface area contributed by atoms with Gasteiger partial charge in [0.05, 0.1) is 13.3 Å². The number of nitrogens with two attached hydrogens (primary N) is 1. The molecule has 0 aliphatic rings. The van der Waals surface area contributed by atoms with Crippen molar-refractivity contribution in [2.24, 2.45) is 5.73 Å². The van der Waals surface area contributed by atoms with Gasteiger partial charge in [-0.1, -0.05) is 0 Å². The normalized spacial score (nSPS) is 10.8. The molecule has 0 spiro atoms. The van der Waals surface area contributed by atoms with Crippen molar-refractivity contribution in [1.29, 1.82) is 0 Å². The molecule has 3 N–H and O–H groups in total. The monoisotopic (exact) mass is 259 g/mol. The highest BCUT2D eigenvalue weighted by Gasteiger charge is 2.15. The quantitative estimate of drug-likeness (QED) is 0.886. The topological polar surface area (TPSA) is 63.9 Å². The molecule has 4 heteroatoms. The van der Waals surface area contributed by atoms with E-state index in [2.05, 4.69) is 37.0 Å². The largest absolute Gasteiger partial charge is 0.496 e. The fourth-order valence-electron chi connectivity index (χ4n) is 2.53. The number of aryl methyl sites for hydroxylation is 1. The van der Waals surface area contributed by atoms with Crippen molar-refractivity contribution in [2.45, 2.75) is 27.2 Å². The number of hydrogen-bond donors (Lipinski definition) is 2. The molecule has 0 amide bonds. The highest BCUT2D eigenvalue weighted by atomic mass is 16.5. The summed E-state index contributed by atoms with van der Waals surface area (Å²) < 4.78 is 5.46. The first-order chi connectivity index (χ1) is 9.10. The summed E-state index contributed by atoms with van der Waals surface area (Å²) in [6.07, 6.45) is 2.68. The average Bonchev–Trinajstić information content (AvgIpc) is 2.83. The van der Waals surface area contributed by atoms with Crippen molar-refractivity contribution >= 4 is 0 Å². The van der Waals surface area contributed by atoms with E-state index in [1.807, 2.05) is 6.20 Å². The molecule has 0 aliphatic carbocycles. The van der Waals surface area contributed by atoms with Gasteiger partial charge in [0.1, 0.15) is 5.75 Å². The van der Waals surface area contributed by atoms with Gasteiger partial charge in [-0.2, -0.15) is 5.10 Å². The minimum Gasteiger partial charge on any atom is -0.496 e. The molecule has 0 radical (unpaired) electrons. The molecule has 1 aromatic carbocycles. The summed E-state index contributed by atoms with van der Waals surface area (Å²) in [5.74, 6) is 0.963. The van der Waals surface area contributed by atoms with E-state index < -0.39 is 0 Å². The molecule has 0 bridgehead atoms. The van der Waals surface area contributed by atoms with Crippen LogP contribution in [0.2, 0.25) is 0 Å². The molecule has 2 aromatic rings. The van der Waals surface area contributed by atoms with Gasteiger partial charge in [0.15, 0.2) is 0 Å². The predicted octanol–water partition coefficient (Wildman–Crippen LogP) is 2.51. The number of aromatic amines is 1. The van der Waals surface area contributed by atoms with Gasteiger partial charge in [0.25, 0.3) is 0 Å². The Balaban J connectivity index is 2.60. The van der Waals surface area contributed by atoms with Crippen LogP contribution in [0.4, 0.5) is 0 Å². The molecule has 0 saturated heterocycles. The maximum absolute atomic E-state index is 5.64. The van der Waals surface area contributed by atoms with E-state index in [-0.39, 0.29) is 0 Å². The van der Waals surface area contributed by atoms with Crippen LogP contribution in [0, 0.1) is 20.8 Å². The number of ether oxygens (including phenoxy) is 1. The van der Waals surface area contributed by atoms with Crippen molar-refractivity contribution in [3.63, 3.8) is 0 Å². The van der Waals surface area contributed by atoms with E-state index in [9.17, 15) is 0 Å². The van der Waals surface area contributed by atoms with Gasteiger partial charge >= 0.3 is 0 Å². The first-order valence-electron chi connectivity index (χ1n) is 6.47. The molecule has 0 unspecified atom stereocenters. The summed E-state index contributed by atoms with van der Waals surface area (Å²) in [5.41, 5.74) is 12.6. The molecule has 4 nitrogen and oxygen atoms in total. The molecule has 1 aromatic heterocycles. The Bertz CT molecular complexity index is 587. The lowest BCUT2D eigenvalue weighted by molar-refractivity contribution is 0.408. The second-order valence-corrected chi connectivity index (χ2v) is 4.83. The van der Waals surface area contributed by atoms with Crippen molar-refractivity contribution in [3.8, 4) is 16.9 Å². The molecular weight excluding hydrogens is 238 g/mol. The zero-order valence-electron chi connectivity index (χ0n) is 12.0. The van der Waals surface area contributed by atoms with Crippen LogP contribution < -0.4 is 10.5 Å². The molecule has 2 rings (SSSR count). The Labute approximate surface area is 114 Å². The van der Waals surface area contributed by atoms with Crippen LogP contribution in [0.15, 0.2) is 12.3 Å². The Morgan fingerprint density at radius 2 is 1.95 bits per heavy atom. The van der Waals surface area contributed by atoms with Crippen LogP contribution in [0.3, 0.4) is 0 Å². The lowest BCUT2D eigenvalue weighted by Crippen LogP contribution is -2.04. The smallest absolute Gasteiger partial charge is 0.124 e. The van der Waals surface area contributed by atoms with E-state index in [0.29, 0.717) is 6.54 Å². The Morgan fingerprint density at radius 3 is 2.58 bits per heavy atom. The third-order valence-corrected chi connectivity index (χ3v) is 3.63. The van der Waals surface area contributed by atoms with Crippen LogP contribution in [0.1, 0.15) is 22.4 Å².